The van der Waals surface area contributed by atoms with Gasteiger partial charge in [-0.05, 0) is 50.3 Å². The highest BCUT2D eigenvalue weighted by molar-refractivity contribution is 6.36. The summed E-state index contributed by atoms with van der Waals surface area (Å²) in [5.74, 6) is -0.192. The number of rotatable bonds is 3. The predicted molar refractivity (Wildman–Crippen MR) is 95.1 cm³/mol. The molecule has 5 nitrogen and oxygen atoms in total. The van der Waals surface area contributed by atoms with Crippen LogP contribution in [0.25, 0.3) is 0 Å². The predicted octanol–water partition coefficient (Wildman–Crippen LogP) is 3.05. The summed E-state index contributed by atoms with van der Waals surface area (Å²) in [6, 6.07) is 4.57. The van der Waals surface area contributed by atoms with Crippen molar-refractivity contribution >= 4 is 40.7 Å². The monoisotopic (exact) mass is 369 g/mol. The molecule has 1 aliphatic carbocycles. The zero-order valence-corrected chi connectivity index (χ0v) is 14.8. The largest absolute Gasteiger partial charge is 0.330 e. The first-order valence-electron chi connectivity index (χ1n) is 8.27. The van der Waals surface area contributed by atoms with Crippen LogP contribution in [0.15, 0.2) is 18.2 Å². The Hall–Kier alpha value is -1.30. The molecule has 130 valence electrons. The van der Waals surface area contributed by atoms with Gasteiger partial charge >= 0.3 is 0 Å². The van der Waals surface area contributed by atoms with Crippen LogP contribution in [0, 0.1) is 5.92 Å². The molecule has 0 aromatic heterocycles. The molecular formula is C17H21Cl2N3O2. The molecule has 24 heavy (non-hydrogen) atoms. The number of nitrogens with one attached hydrogen (secondary N) is 1. The fourth-order valence-corrected chi connectivity index (χ4v) is 4.04. The number of carbonyl (C=O) groups excluding carboxylic acids is 2. The van der Waals surface area contributed by atoms with Crippen molar-refractivity contribution in [2.75, 3.05) is 11.9 Å². The molecule has 1 aromatic carbocycles. The standard InChI is InChI=1S/C17H21Cl2N3O2/c18-11-4-6-14(13(19)9-11)21-16(23)15-2-1-7-22(15)17(24)10-3-5-12(20)8-10/h4,6,9-10,12,15H,1-3,5,7-8,20H2,(H,21,23)/t10-,12+,15?/m0/s1. The van der Waals surface area contributed by atoms with Gasteiger partial charge in [0.1, 0.15) is 6.04 Å². The van der Waals surface area contributed by atoms with E-state index in [1.54, 1.807) is 23.1 Å². The van der Waals surface area contributed by atoms with E-state index in [4.69, 9.17) is 28.9 Å². The quantitative estimate of drug-likeness (QED) is 0.859. The molecule has 1 unspecified atom stereocenters. The summed E-state index contributed by atoms with van der Waals surface area (Å²) in [6.45, 7) is 0.622. The van der Waals surface area contributed by atoms with Gasteiger partial charge in [-0.1, -0.05) is 23.2 Å². The van der Waals surface area contributed by atoms with Crippen LogP contribution < -0.4 is 11.1 Å². The summed E-state index contributed by atoms with van der Waals surface area (Å²) in [5.41, 5.74) is 6.42. The highest BCUT2D eigenvalue weighted by Crippen LogP contribution is 2.31. The molecule has 1 aliphatic heterocycles. The topological polar surface area (TPSA) is 75.4 Å². The fourth-order valence-electron chi connectivity index (χ4n) is 3.59. The summed E-state index contributed by atoms with van der Waals surface area (Å²) < 4.78 is 0. The molecule has 3 N–H and O–H groups in total. The Bertz CT molecular complexity index is 653. The molecule has 2 amide bonds. The van der Waals surface area contributed by atoms with Crippen molar-refractivity contribution in [1.29, 1.82) is 0 Å². The molecule has 2 aliphatic rings. The Labute approximate surface area is 151 Å². The minimum Gasteiger partial charge on any atom is -0.330 e. The number of anilines is 1. The van der Waals surface area contributed by atoms with Gasteiger partial charge in [-0.25, -0.2) is 0 Å². The second-order valence-electron chi connectivity index (χ2n) is 6.57. The lowest BCUT2D eigenvalue weighted by atomic mass is 10.1. The van der Waals surface area contributed by atoms with Crippen LogP contribution in [-0.4, -0.2) is 35.3 Å². The smallest absolute Gasteiger partial charge is 0.247 e. The highest BCUT2D eigenvalue weighted by atomic mass is 35.5. The summed E-state index contributed by atoms with van der Waals surface area (Å²) in [6.07, 6.45) is 3.90. The normalized spacial score (nSPS) is 26.6. The Morgan fingerprint density at radius 3 is 2.67 bits per heavy atom. The van der Waals surface area contributed by atoms with Crippen molar-refractivity contribution < 1.29 is 9.59 Å². The first-order valence-corrected chi connectivity index (χ1v) is 9.03. The number of hydrogen-bond donors (Lipinski definition) is 2. The van der Waals surface area contributed by atoms with Crippen molar-refractivity contribution in [2.45, 2.75) is 44.2 Å². The van der Waals surface area contributed by atoms with E-state index in [9.17, 15) is 9.59 Å². The molecule has 2 fully saturated rings. The van der Waals surface area contributed by atoms with E-state index in [0.717, 1.165) is 19.3 Å². The fraction of sp³-hybridized carbons (Fsp3) is 0.529. The van der Waals surface area contributed by atoms with Gasteiger partial charge in [0.2, 0.25) is 11.8 Å². The first-order chi connectivity index (χ1) is 11.5. The molecule has 0 bridgehead atoms. The van der Waals surface area contributed by atoms with Crippen molar-refractivity contribution in [3.05, 3.63) is 28.2 Å². The minimum atomic E-state index is -0.443. The lowest BCUT2D eigenvalue weighted by Crippen LogP contribution is -2.45. The van der Waals surface area contributed by atoms with E-state index in [1.807, 2.05) is 0 Å². The van der Waals surface area contributed by atoms with Gasteiger partial charge in [-0.15, -0.1) is 0 Å². The number of carbonyl (C=O) groups is 2. The second kappa shape index (κ2) is 7.30. The van der Waals surface area contributed by atoms with Gasteiger partial charge in [0, 0.05) is 23.5 Å². The van der Waals surface area contributed by atoms with E-state index in [0.29, 0.717) is 35.1 Å². The van der Waals surface area contributed by atoms with Crippen molar-refractivity contribution in [1.82, 2.24) is 4.90 Å². The number of nitrogens with zero attached hydrogens (tertiary/aromatic N) is 1. The zero-order valence-electron chi connectivity index (χ0n) is 13.3. The SMILES string of the molecule is N[C@@H]1CC[C@H](C(=O)N2CCCC2C(=O)Nc2ccc(Cl)cc2Cl)C1. The summed E-state index contributed by atoms with van der Waals surface area (Å²) >= 11 is 12.0. The maximum atomic E-state index is 12.7. The third-order valence-corrected chi connectivity index (χ3v) is 5.40. The lowest BCUT2D eigenvalue weighted by molar-refractivity contribution is -0.140. The number of likely N-dealkylation sites (tertiary alicyclic amines) is 1. The van der Waals surface area contributed by atoms with Crippen molar-refractivity contribution in [2.24, 2.45) is 11.7 Å². The number of hydrogen-bond acceptors (Lipinski definition) is 3. The van der Waals surface area contributed by atoms with Crippen molar-refractivity contribution in [3.8, 4) is 0 Å². The third-order valence-electron chi connectivity index (χ3n) is 4.85. The minimum absolute atomic E-state index is 0.0486. The van der Waals surface area contributed by atoms with Gasteiger partial charge in [0.05, 0.1) is 10.7 Å². The Balaban J connectivity index is 1.68. The van der Waals surface area contributed by atoms with Gasteiger partial charge < -0.3 is 16.0 Å². The Morgan fingerprint density at radius 1 is 1.21 bits per heavy atom. The molecular weight excluding hydrogens is 349 g/mol. The Morgan fingerprint density at radius 2 is 2.00 bits per heavy atom. The van der Waals surface area contributed by atoms with Crippen LogP contribution in [0.4, 0.5) is 5.69 Å². The molecule has 3 rings (SSSR count). The summed E-state index contributed by atoms with van der Waals surface area (Å²) in [5, 5.41) is 3.71. The van der Waals surface area contributed by atoms with E-state index in [2.05, 4.69) is 5.32 Å². The Kier molecular flexibility index (Phi) is 5.33. The number of amides is 2. The molecule has 7 heteroatoms. The van der Waals surface area contributed by atoms with E-state index in [1.165, 1.54) is 0 Å². The average Bonchev–Trinajstić information content (AvgIpc) is 3.18. The van der Waals surface area contributed by atoms with Gasteiger partial charge in [-0.3, -0.25) is 9.59 Å². The second-order valence-corrected chi connectivity index (χ2v) is 7.42. The van der Waals surface area contributed by atoms with Gasteiger partial charge in [0.15, 0.2) is 0 Å². The first kappa shape index (κ1) is 17.5. The molecule has 3 atom stereocenters. The molecule has 0 spiro atoms. The van der Waals surface area contributed by atoms with Gasteiger partial charge in [0.25, 0.3) is 0 Å². The highest BCUT2D eigenvalue weighted by Gasteiger charge is 2.39. The molecule has 1 saturated heterocycles. The lowest BCUT2D eigenvalue weighted by Gasteiger charge is -2.26. The maximum Gasteiger partial charge on any atom is 0.247 e. The maximum absolute atomic E-state index is 12.7. The molecule has 0 radical (unpaired) electrons. The number of halogens is 2. The van der Waals surface area contributed by atoms with E-state index >= 15 is 0 Å². The van der Waals surface area contributed by atoms with Crippen molar-refractivity contribution in [3.63, 3.8) is 0 Å². The van der Waals surface area contributed by atoms with Crippen LogP contribution in [0.1, 0.15) is 32.1 Å². The number of nitrogens with two attached hydrogens (primary N) is 1. The zero-order chi connectivity index (χ0) is 17.3. The van der Waals surface area contributed by atoms with E-state index in [-0.39, 0.29) is 23.8 Å². The molecule has 1 aromatic rings. The van der Waals surface area contributed by atoms with Crippen LogP contribution in [0.5, 0.6) is 0 Å². The average molecular weight is 370 g/mol. The van der Waals surface area contributed by atoms with Crippen LogP contribution in [0.3, 0.4) is 0 Å². The van der Waals surface area contributed by atoms with Gasteiger partial charge in [-0.2, -0.15) is 0 Å². The summed E-state index contributed by atoms with van der Waals surface area (Å²) in [4.78, 5) is 27.1. The van der Waals surface area contributed by atoms with Crippen LogP contribution in [0.2, 0.25) is 10.0 Å². The summed E-state index contributed by atoms with van der Waals surface area (Å²) in [7, 11) is 0. The molecule has 1 heterocycles. The van der Waals surface area contributed by atoms with Crippen LogP contribution >= 0.6 is 23.2 Å². The third kappa shape index (κ3) is 3.68. The van der Waals surface area contributed by atoms with Crippen LogP contribution in [-0.2, 0) is 9.59 Å². The van der Waals surface area contributed by atoms with E-state index < -0.39 is 6.04 Å². The molecule has 1 saturated carbocycles. The number of benzene rings is 1.